The smallest absolute Gasteiger partial charge is 0.223 e. The molecule has 3 aromatic rings. The Bertz CT molecular complexity index is 1190. The van der Waals surface area contributed by atoms with Crippen molar-refractivity contribution in [3.63, 3.8) is 0 Å². The number of piperidine rings is 1. The summed E-state index contributed by atoms with van der Waals surface area (Å²) in [7, 11) is 0. The summed E-state index contributed by atoms with van der Waals surface area (Å²) < 4.78 is 13.3. The van der Waals surface area contributed by atoms with E-state index in [0.717, 1.165) is 75.1 Å². The summed E-state index contributed by atoms with van der Waals surface area (Å²) >= 11 is 0. The maximum Gasteiger partial charge on any atom is 0.223 e. The SMILES string of the molecule is O=C(NCC1(c2ccccc2)CCCC1)C1CC12CCN(Cc1cn[nH]c1-c1ccc(F)cc1)CC2. The number of hydrogen-bond donors (Lipinski definition) is 2. The van der Waals surface area contributed by atoms with Gasteiger partial charge in [-0.3, -0.25) is 14.8 Å². The normalized spacial score (nSPS) is 22.5. The standard InChI is InChI=1S/C30H35FN4O/c31-25-10-8-22(9-11-25)27-23(19-33-34-27)20-35-16-14-29(15-17-35)18-26(29)28(36)32-21-30(12-4-5-13-30)24-6-2-1-3-7-24/h1-3,6-11,19,26H,4-5,12-18,20-21H2,(H,32,36)(H,33,34). The van der Waals surface area contributed by atoms with Gasteiger partial charge in [-0.15, -0.1) is 0 Å². The minimum absolute atomic E-state index is 0.106. The molecule has 2 aliphatic carbocycles. The summed E-state index contributed by atoms with van der Waals surface area (Å²) in [6.45, 7) is 3.56. The van der Waals surface area contributed by atoms with Gasteiger partial charge < -0.3 is 5.32 Å². The number of aromatic nitrogens is 2. The van der Waals surface area contributed by atoms with Crippen molar-refractivity contribution >= 4 is 5.91 Å². The van der Waals surface area contributed by atoms with Gasteiger partial charge in [-0.25, -0.2) is 4.39 Å². The molecule has 0 radical (unpaired) electrons. The minimum atomic E-state index is -0.234. The zero-order valence-corrected chi connectivity index (χ0v) is 20.8. The number of hydrogen-bond acceptors (Lipinski definition) is 3. The van der Waals surface area contributed by atoms with Crippen molar-refractivity contribution in [2.75, 3.05) is 19.6 Å². The van der Waals surface area contributed by atoms with Crippen molar-refractivity contribution in [1.29, 1.82) is 0 Å². The van der Waals surface area contributed by atoms with Gasteiger partial charge in [0, 0.05) is 35.5 Å². The highest BCUT2D eigenvalue weighted by Crippen LogP contribution is 2.59. The van der Waals surface area contributed by atoms with Crippen LogP contribution in [0.5, 0.6) is 0 Å². The average molecular weight is 487 g/mol. The number of carbonyl (C=O) groups is 1. The highest BCUT2D eigenvalue weighted by atomic mass is 19.1. The molecule has 3 fully saturated rings. The van der Waals surface area contributed by atoms with E-state index in [1.165, 1.54) is 30.5 Å². The van der Waals surface area contributed by atoms with Gasteiger partial charge in [0.25, 0.3) is 0 Å². The number of benzene rings is 2. The van der Waals surface area contributed by atoms with Crippen LogP contribution in [0.15, 0.2) is 60.8 Å². The van der Waals surface area contributed by atoms with Gasteiger partial charge in [0.2, 0.25) is 5.91 Å². The lowest BCUT2D eigenvalue weighted by atomic mass is 9.78. The summed E-state index contributed by atoms with van der Waals surface area (Å²) in [5.41, 5.74) is 4.71. The Hall–Kier alpha value is -2.99. The first-order chi connectivity index (χ1) is 17.6. The molecule has 2 saturated carbocycles. The van der Waals surface area contributed by atoms with E-state index in [9.17, 15) is 9.18 Å². The molecular weight excluding hydrogens is 451 g/mol. The molecule has 36 heavy (non-hydrogen) atoms. The molecule has 2 heterocycles. The third-order valence-corrected chi connectivity index (χ3v) is 9.15. The van der Waals surface area contributed by atoms with Crippen LogP contribution in [0.2, 0.25) is 0 Å². The molecule has 0 bridgehead atoms. The van der Waals surface area contributed by atoms with Crippen LogP contribution in [0.3, 0.4) is 0 Å². The summed E-state index contributed by atoms with van der Waals surface area (Å²) in [6, 6.07) is 17.3. The second-order valence-electron chi connectivity index (χ2n) is 11.2. The highest BCUT2D eigenvalue weighted by Gasteiger charge is 2.58. The number of nitrogens with zero attached hydrogens (tertiary/aromatic N) is 2. The Labute approximate surface area is 212 Å². The van der Waals surface area contributed by atoms with Crippen molar-refractivity contribution in [3.05, 3.63) is 77.7 Å². The number of likely N-dealkylation sites (tertiary alicyclic amines) is 1. The summed E-state index contributed by atoms with van der Waals surface area (Å²) in [5.74, 6) is 0.194. The van der Waals surface area contributed by atoms with Crippen LogP contribution in [0, 0.1) is 17.2 Å². The number of halogens is 1. The molecule has 1 aromatic heterocycles. The Kier molecular flexibility index (Phi) is 6.16. The third-order valence-electron chi connectivity index (χ3n) is 9.15. The summed E-state index contributed by atoms with van der Waals surface area (Å²) in [4.78, 5) is 15.7. The van der Waals surface area contributed by atoms with Crippen LogP contribution in [0.25, 0.3) is 11.3 Å². The maximum absolute atomic E-state index is 13.3. The van der Waals surface area contributed by atoms with Crippen LogP contribution in [-0.2, 0) is 16.8 Å². The fourth-order valence-corrected chi connectivity index (χ4v) is 6.76. The maximum atomic E-state index is 13.3. The van der Waals surface area contributed by atoms with Crippen LogP contribution in [0.4, 0.5) is 4.39 Å². The number of nitrogens with one attached hydrogen (secondary N) is 2. The first-order valence-corrected chi connectivity index (χ1v) is 13.4. The van der Waals surface area contributed by atoms with Crippen LogP contribution in [0.1, 0.15) is 56.1 Å². The fraction of sp³-hybridized carbons (Fsp3) is 0.467. The molecule has 5 nitrogen and oxygen atoms in total. The van der Waals surface area contributed by atoms with Gasteiger partial charge in [-0.05, 0) is 80.4 Å². The predicted molar refractivity (Wildman–Crippen MR) is 139 cm³/mol. The van der Waals surface area contributed by atoms with Gasteiger partial charge in [0.15, 0.2) is 0 Å². The number of H-pyrrole nitrogens is 1. The van der Waals surface area contributed by atoms with E-state index in [-0.39, 0.29) is 28.5 Å². The van der Waals surface area contributed by atoms with Gasteiger partial charge >= 0.3 is 0 Å². The molecule has 2 N–H and O–H groups in total. The summed E-state index contributed by atoms with van der Waals surface area (Å²) in [5, 5.41) is 10.7. The molecule has 3 aliphatic rings. The first-order valence-electron chi connectivity index (χ1n) is 13.4. The number of carbonyl (C=O) groups excluding carboxylic acids is 1. The molecular formula is C30H35FN4O. The van der Waals surface area contributed by atoms with Gasteiger partial charge in [-0.2, -0.15) is 5.10 Å². The van der Waals surface area contributed by atoms with Crippen molar-refractivity contribution in [2.45, 2.75) is 56.9 Å². The van der Waals surface area contributed by atoms with Gasteiger partial charge in [-0.1, -0.05) is 43.2 Å². The Balaban J connectivity index is 1.03. The van der Waals surface area contributed by atoms with Crippen molar-refractivity contribution < 1.29 is 9.18 Å². The first kappa shape index (κ1) is 23.4. The molecule has 6 heteroatoms. The van der Waals surface area contributed by atoms with Crippen LogP contribution >= 0.6 is 0 Å². The van der Waals surface area contributed by atoms with Crippen molar-refractivity contribution in [3.8, 4) is 11.3 Å². The van der Waals surface area contributed by atoms with E-state index >= 15 is 0 Å². The molecule has 1 amide bonds. The van der Waals surface area contributed by atoms with Gasteiger partial charge in [0.05, 0.1) is 11.9 Å². The lowest BCUT2D eigenvalue weighted by molar-refractivity contribution is -0.123. The van der Waals surface area contributed by atoms with Crippen molar-refractivity contribution in [2.24, 2.45) is 11.3 Å². The largest absolute Gasteiger partial charge is 0.355 e. The third kappa shape index (κ3) is 4.47. The van der Waals surface area contributed by atoms with E-state index in [1.807, 2.05) is 6.20 Å². The Morgan fingerprint density at radius 2 is 1.75 bits per heavy atom. The number of amides is 1. The zero-order valence-electron chi connectivity index (χ0n) is 20.8. The molecule has 1 unspecified atom stereocenters. The zero-order chi connectivity index (χ0) is 24.6. The second-order valence-corrected chi connectivity index (χ2v) is 11.2. The molecule has 1 aliphatic heterocycles. The topological polar surface area (TPSA) is 61.0 Å². The monoisotopic (exact) mass is 486 g/mol. The molecule has 1 atom stereocenters. The molecule has 2 aromatic carbocycles. The predicted octanol–water partition coefficient (Wildman–Crippen LogP) is 5.45. The highest BCUT2D eigenvalue weighted by molar-refractivity contribution is 5.82. The molecule has 6 rings (SSSR count). The van der Waals surface area contributed by atoms with Crippen LogP contribution in [-0.4, -0.2) is 40.6 Å². The quantitative estimate of drug-likeness (QED) is 0.467. The van der Waals surface area contributed by atoms with E-state index in [4.69, 9.17) is 0 Å². The Morgan fingerprint density at radius 1 is 1.03 bits per heavy atom. The van der Waals surface area contributed by atoms with E-state index in [0.29, 0.717) is 0 Å². The number of rotatable bonds is 7. The Morgan fingerprint density at radius 3 is 2.47 bits per heavy atom. The van der Waals surface area contributed by atoms with Gasteiger partial charge in [0.1, 0.15) is 5.82 Å². The fourth-order valence-electron chi connectivity index (χ4n) is 6.76. The lowest BCUT2D eigenvalue weighted by Crippen LogP contribution is -2.41. The average Bonchev–Trinajstić information content (AvgIpc) is 3.23. The number of aromatic amines is 1. The second kappa shape index (κ2) is 9.47. The lowest BCUT2D eigenvalue weighted by Gasteiger charge is -2.33. The van der Waals surface area contributed by atoms with Crippen LogP contribution < -0.4 is 5.32 Å². The van der Waals surface area contributed by atoms with E-state index in [1.54, 1.807) is 12.1 Å². The van der Waals surface area contributed by atoms with E-state index in [2.05, 4.69) is 50.7 Å². The summed E-state index contributed by atoms with van der Waals surface area (Å²) in [6.07, 6.45) is 9.85. The molecule has 1 saturated heterocycles. The molecule has 188 valence electrons. The molecule has 1 spiro atoms. The minimum Gasteiger partial charge on any atom is -0.355 e. The van der Waals surface area contributed by atoms with Crippen molar-refractivity contribution in [1.82, 2.24) is 20.4 Å². The van der Waals surface area contributed by atoms with E-state index < -0.39 is 0 Å².